The fourth-order valence-electron chi connectivity index (χ4n) is 2.85. The third-order valence-corrected chi connectivity index (χ3v) is 4.84. The Morgan fingerprint density at radius 3 is 2.64 bits per heavy atom. The van der Waals surface area contributed by atoms with Crippen molar-refractivity contribution < 1.29 is 9.59 Å². The van der Waals surface area contributed by atoms with Crippen LogP contribution in [-0.2, 0) is 9.59 Å². The first-order valence-electron chi connectivity index (χ1n) is 7.27. The summed E-state index contributed by atoms with van der Waals surface area (Å²) in [7, 11) is 0. The number of nitrogens with zero attached hydrogens (tertiary/aromatic N) is 1. The SMILES string of the molecule is O=C1CCC(C(=O)N2CC=C(c3ccc(Cl)c(Cl)c3)CC2)N1. The molecule has 4 nitrogen and oxygen atoms in total. The van der Waals surface area contributed by atoms with Gasteiger partial charge in [0.2, 0.25) is 11.8 Å². The van der Waals surface area contributed by atoms with Gasteiger partial charge in [0, 0.05) is 19.5 Å². The number of hydrogen-bond donors (Lipinski definition) is 1. The van der Waals surface area contributed by atoms with Gasteiger partial charge >= 0.3 is 0 Å². The van der Waals surface area contributed by atoms with E-state index in [1.54, 1.807) is 11.0 Å². The second-order valence-corrected chi connectivity index (χ2v) is 6.37. The zero-order valence-corrected chi connectivity index (χ0v) is 13.5. The van der Waals surface area contributed by atoms with Crippen LogP contribution in [0, 0.1) is 0 Å². The Labute approximate surface area is 139 Å². The van der Waals surface area contributed by atoms with Crippen molar-refractivity contribution in [2.24, 2.45) is 0 Å². The summed E-state index contributed by atoms with van der Waals surface area (Å²) in [6.07, 6.45) is 3.84. The Bertz CT molecular complexity index is 658. The highest BCUT2D eigenvalue weighted by Gasteiger charge is 2.31. The summed E-state index contributed by atoms with van der Waals surface area (Å²) in [5.41, 5.74) is 2.20. The monoisotopic (exact) mass is 338 g/mol. The summed E-state index contributed by atoms with van der Waals surface area (Å²) in [4.78, 5) is 25.3. The molecule has 0 spiro atoms. The minimum absolute atomic E-state index is 0.00953. The summed E-state index contributed by atoms with van der Waals surface area (Å²) in [5.74, 6) is -0.0299. The van der Waals surface area contributed by atoms with Crippen molar-refractivity contribution in [1.82, 2.24) is 10.2 Å². The van der Waals surface area contributed by atoms with Crippen LogP contribution in [0.3, 0.4) is 0 Å². The molecule has 1 aromatic rings. The molecule has 0 saturated carbocycles. The maximum absolute atomic E-state index is 12.3. The summed E-state index contributed by atoms with van der Waals surface area (Å²) < 4.78 is 0. The Kier molecular flexibility index (Phi) is 4.41. The van der Waals surface area contributed by atoms with Gasteiger partial charge in [0.1, 0.15) is 6.04 Å². The molecule has 0 aliphatic carbocycles. The molecule has 0 aromatic heterocycles. The summed E-state index contributed by atoms with van der Waals surface area (Å²) in [5, 5.41) is 3.80. The second kappa shape index (κ2) is 6.31. The molecule has 2 aliphatic rings. The zero-order valence-electron chi connectivity index (χ0n) is 11.9. The summed E-state index contributed by atoms with van der Waals surface area (Å²) in [6.45, 7) is 1.21. The van der Waals surface area contributed by atoms with Crippen molar-refractivity contribution in [3.8, 4) is 0 Å². The smallest absolute Gasteiger partial charge is 0.245 e. The highest BCUT2D eigenvalue weighted by atomic mass is 35.5. The zero-order chi connectivity index (χ0) is 15.7. The van der Waals surface area contributed by atoms with Gasteiger partial charge in [-0.05, 0) is 36.1 Å². The number of carbonyl (C=O) groups excluding carboxylic acids is 2. The number of halogens is 2. The summed E-state index contributed by atoms with van der Waals surface area (Å²) in [6, 6.07) is 5.22. The largest absolute Gasteiger partial charge is 0.344 e. The molecule has 0 radical (unpaired) electrons. The first-order valence-corrected chi connectivity index (χ1v) is 8.03. The molecule has 1 unspecified atom stereocenters. The van der Waals surface area contributed by atoms with Crippen molar-refractivity contribution in [3.05, 3.63) is 39.9 Å². The van der Waals surface area contributed by atoms with E-state index < -0.39 is 0 Å². The van der Waals surface area contributed by atoms with Crippen molar-refractivity contribution in [1.29, 1.82) is 0 Å². The molecule has 1 N–H and O–H groups in total. The number of benzene rings is 1. The van der Waals surface area contributed by atoms with Gasteiger partial charge in [0.15, 0.2) is 0 Å². The lowest BCUT2D eigenvalue weighted by atomic mass is 9.99. The van der Waals surface area contributed by atoms with Crippen molar-refractivity contribution in [2.45, 2.75) is 25.3 Å². The van der Waals surface area contributed by atoms with Crippen LogP contribution in [0.2, 0.25) is 10.0 Å². The maximum atomic E-state index is 12.3. The van der Waals surface area contributed by atoms with Crippen molar-refractivity contribution in [3.63, 3.8) is 0 Å². The van der Waals surface area contributed by atoms with Crippen LogP contribution < -0.4 is 5.32 Å². The highest BCUT2D eigenvalue weighted by molar-refractivity contribution is 6.42. The van der Waals surface area contributed by atoms with Crippen LogP contribution in [0.4, 0.5) is 0 Å². The fraction of sp³-hybridized carbons (Fsp3) is 0.375. The Balaban J connectivity index is 1.67. The number of amides is 2. The molecule has 2 aliphatic heterocycles. The van der Waals surface area contributed by atoms with Gasteiger partial charge in [0.25, 0.3) is 0 Å². The molecule has 1 atom stereocenters. The van der Waals surface area contributed by atoms with Crippen LogP contribution >= 0.6 is 23.2 Å². The van der Waals surface area contributed by atoms with E-state index >= 15 is 0 Å². The fourth-order valence-corrected chi connectivity index (χ4v) is 3.15. The van der Waals surface area contributed by atoms with Gasteiger partial charge in [-0.15, -0.1) is 0 Å². The van der Waals surface area contributed by atoms with Crippen LogP contribution in [0.5, 0.6) is 0 Å². The molecule has 1 aromatic carbocycles. The second-order valence-electron chi connectivity index (χ2n) is 5.55. The first kappa shape index (κ1) is 15.4. The Morgan fingerprint density at radius 1 is 1.23 bits per heavy atom. The topological polar surface area (TPSA) is 49.4 Å². The molecular formula is C16H16Cl2N2O2. The lowest BCUT2D eigenvalue weighted by Crippen LogP contribution is -2.45. The lowest BCUT2D eigenvalue weighted by Gasteiger charge is -2.29. The highest BCUT2D eigenvalue weighted by Crippen LogP contribution is 2.29. The normalized spacial score (nSPS) is 21.5. The third kappa shape index (κ3) is 3.13. The molecule has 6 heteroatoms. The maximum Gasteiger partial charge on any atom is 0.245 e. The van der Waals surface area contributed by atoms with Crippen molar-refractivity contribution >= 4 is 40.6 Å². The number of hydrogen-bond acceptors (Lipinski definition) is 2. The minimum atomic E-state index is -0.354. The molecule has 2 heterocycles. The van der Waals surface area contributed by atoms with E-state index in [-0.39, 0.29) is 17.9 Å². The summed E-state index contributed by atoms with van der Waals surface area (Å²) >= 11 is 12.0. The molecule has 3 rings (SSSR count). The predicted octanol–water partition coefficient (Wildman–Crippen LogP) is 2.89. The predicted molar refractivity (Wildman–Crippen MR) is 86.8 cm³/mol. The molecule has 0 bridgehead atoms. The quantitative estimate of drug-likeness (QED) is 0.901. The average Bonchev–Trinajstić information content (AvgIpc) is 2.96. The van der Waals surface area contributed by atoms with E-state index in [4.69, 9.17) is 23.2 Å². The third-order valence-electron chi connectivity index (χ3n) is 4.10. The van der Waals surface area contributed by atoms with Crippen molar-refractivity contribution in [2.75, 3.05) is 13.1 Å². The minimum Gasteiger partial charge on any atom is -0.344 e. The Hall–Kier alpha value is -1.52. The lowest BCUT2D eigenvalue weighted by molar-refractivity contribution is -0.134. The van der Waals surface area contributed by atoms with E-state index in [1.165, 1.54) is 0 Å². The number of carbonyl (C=O) groups is 2. The number of nitrogens with one attached hydrogen (secondary N) is 1. The van der Waals surface area contributed by atoms with Gasteiger partial charge in [-0.25, -0.2) is 0 Å². The molecule has 1 fully saturated rings. The van der Waals surface area contributed by atoms with E-state index in [2.05, 4.69) is 5.32 Å². The molecular weight excluding hydrogens is 323 g/mol. The van der Waals surface area contributed by atoms with Gasteiger partial charge in [0.05, 0.1) is 10.0 Å². The van der Waals surface area contributed by atoms with E-state index in [9.17, 15) is 9.59 Å². The molecule has 2 amide bonds. The Morgan fingerprint density at radius 2 is 2.05 bits per heavy atom. The average molecular weight is 339 g/mol. The van der Waals surface area contributed by atoms with Gasteiger partial charge < -0.3 is 10.2 Å². The molecule has 1 saturated heterocycles. The van der Waals surface area contributed by atoms with Crippen LogP contribution in [0.15, 0.2) is 24.3 Å². The van der Waals surface area contributed by atoms with E-state index in [1.807, 2.05) is 18.2 Å². The van der Waals surface area contributed by atoms with E-state index in [0.717, 1.165) is 17.6 Å². The standard InChI is InChI=1S/C16H16Cl2N2O2/c17-12-2-1-11(9-13(12)18)10-5-7-20(8-6-10)16(22)14-3-4-15(21)19-14/h1-2,5,9,14H,3-4,6-8H2,(H,19,21). The van der Waals surface area contributed by atoms with Gasteiger partial charge in [-0.2, -0.15) is 0 Å². The van der Waals surface area contributed by atoms with E-state index in [0.29, 0.717) is 36.0 Å². The van der Waals surface area contributed by atoms with Crippen LogP contribution in [0.1, 0.15) is 24.8 Å². The first-order chi connectivity index (χ1) is 10.5. The van der Waals surface area contributed by atoms with Crippen LogP contribution in [-0.4, -0.2) is 35.8 Å². The molecule has 22 heavy (non-hydrogen) atoms. The van der Waals surface area contributed by atoms with Gasteiger partial charge in [-0.3, -0.25) is 9.59 Å². The number of rotatable bonds is 2. The van der Waals surface area contributed by atoms with Crippen LogP contribution in [0.25, 0.3) is 5.57 Å². The molecule has 116 valence electrons. The van der Waals surface area contributed by atoms with Gasteiger partial charge in [-0.1, -0.05) is 35.3 Å².